The quantitative estimate of drug-likeness (QED) is 0.807. The lowest BCUT2D eigenvalue weighted by Gasteiger charge is -2.30. The number of hydrogen-bond acceptors (Lipinski definition) is 4. The molecule has 1 aromatic rings. The molecule has 0 aliphatic heterocycles. The van der Waals surface area contributed by atoms with E-state index >= 15 is 0 Å². The van der Waals surface area contributed by atoms with Crippen LogP contribution in [-0.4, -0.2) is 23.2 Å². The molecular formula is C16H23NO3. The number of ether oxygens (including phenoxy) is 1. The minimum absolute atomic E-state index is 0.144. The van der Waals surface area contributed by atoms with E-state index in [-0.39, 0.29) is 18.1 Å². The highest BCUT2D eigenvalue weighted by molar-refractivity contribution is 5.69. The van der Waals surface area contributed by atoms with Gasteiger partial charge in [-0.2, -0.15) is 0 Å². The Balaban J connectivity index is 1.65. The molecule has 0 heterocycles. The number of carbonyl (C=O) groups is 1. The number of aliphatic hydroxyl groups is 1. The number of aliphatic hydroxyl groups excluding tert-OH is 1. The predicted octanol–water partition coefficient (Wildman–Crippen LogP) is 2.00. The van der Waals surface area contributed by atoms with E-state index in [1.54, 1.807) is 0 Å². The normalized spacial score (nSPS) is 26.2. The molecule has 3 atom stereocenters. The second-order valence-corrected chi connectivity index (χ2v) is 5.60. The molecule has 3 N–H and O–H groups in total. The molecular weight excluding hydrogens is 254 g/mol. The summed E-state index contributed by atoms with van der Waals surface area (Å²) in [6.45, 7) is 0.336. The molecule has 0 aromatic heterocycles. The molecule has 0 bridgehead atoms. The van der Waals surface area contributed by atoms with Crippen molar-refractivity contribution in [2.75, 3.05) is 0 Å². The fourth-order valence-corrected chi connectivity index (χ4v) is 2.67. The lowest BCUT2D eigenvalue weighted by molar-refractivity contribution is -0.145. The Morgan fingerprint density at radius 1 is 1.30 bits per heavy atom. The van der Waals surface area contributed by atoms with Crippen LogP contribution in [0.2, 0.25) is 0 Å². The van der Waals surface area contributed by atoms with Gasteiger partial charge in [-0.3, -0.25) is 4.79 Å². The van der Waals surface area contributed by atoms with Gasteiger partial charge in [0, 0.05) is 12.5 Å². The molecule has 1 saturated carbocycles. The molecule has 1 aromatic carbocycles. The summed E-state index contributed by atoms with van der Waals surface area (Å²) in [5.74, 6) is 0.270. The third-order valence-corrected chi connectivity index (χ3v) is 3.97. The molecule has 1 aliphatic carbocycles. The van der Waals surface area contributed by atoms with E-state index in [1.807, 2.05) is 30.3 Å². The van der Waals surface area contributed by atoms with Crippen molar-refractivity contribution in [3.05, 3.63) is 35.9 Å². The van der Waals surface area contributed by atoms with Crippen LogP contribution in [0.15, 0.2) is 30.3 Å². The summed E-state index contributed by atoms with van der Waals surface area (Å²) < 4.78 is 5.25. The summed E-state index contributed by atoms with van der Waals surface area (Å²) in [6, 6.07) is 9.53. The highest BCUT2D eigenvalue weighted by Crippen LogP contribution is 2.27. The van der Waals surface area contributed by atoms with Gasteiger partial charge in [0.15, 0.2) is 0 Å². The highest BCUT2D eigenvalue weighted by Gasteiger charge is 2.26. The molecule has 20 heavy (non-hydrogen) atoms. The van der Waals surface area contributed by atoms with Gasteiger partial charge in [0.25, 0.3) is 0 Å². The number of benzene rings is 1. The molecule has 2 rings (SSSR count). The van der Waals surface area contributed by atoms with Crippen LogP contribution in [0.1, 0.15) is 37.7 Å². The average Bonchev–Trinajstić information content (AvgIpc) is 2.47. The van der Waals surface area contributed by atoms with Crippen molar-refractivity contribution in [1.29, 1.82) is 0 Å². The number of esters is 1. The standard InChI is InChI=1S/C16H23NO3/c17-14-10-12(6-8-15(14)18)7-9-16(19)20-11-13-4-2-1-3-5-13/h1-5,12,14-15,18H,6-11,17H2. The van der Waals surface area contributed by atoms with Crippen molar-refractivity contribution in [2.24, 2.45) is 11.7 Å². The van der Waals surface area contributed by atoms with Gasteiger partial charge in [-0.1, -0.05) is 30.3 Å². The minimum atomic E-state index is -0.378. The van der Waals surface area contributed by atoms with Gasteiger partial charge in [-0.15, -0.1) is 0 Å². The largest absolute Gasteiger partial charge is 0.461 e. The lowest BCUT2D eigenvalue weighted by atomic mass is 9.82. The average molecular weight is 277 g/mol. The van der Waals surface area contributed by atoms with Crippen LogP contribution in [0, 0.1) is 5.92 Å². The zero-order valence-electron chi connectivity index (χ0n) is 11.7. The predicted molar refractivity (Wildman–Crippen MR) is 76.8 cm³/mol. The zero-order valence-corrected chi connectivity index (χ0v) is 11.7. The molecule has 0 spiro atoms. The highest BCUT2D eigenvalue weighted by atomic mass is 16.5. The Kier molecular flexibility index (Phi) is 5.56. The van der Waals surface area contributed by atoms with Crippen molar-refractivity contribution in [3.8, 4) is 0 Å². The summed E-state index contributed by atoms with van der Waals surface area (Å²) in [6.07, 6.45) is 3.34. The molecule has 3 unspecified atom stereocenters. The van der Waals surface area contributed by atoms with Crippen LogP contribution < -0.4 is 5.73 Å². The van der Waals surface area contributed by atoms with E-state index in [4.69, 9.17) is 10.5 Å². The number of rotatable bonds is 5. The van der Waals surface area contributed by atoms with Crippen LogP contribution in [0.25, 0.3) is 0 Å². The first-order valence-electron chi connectivity index (χ1n) is 7.28. The maximum Gasteiger partial charge on any atom is 0.306 e. The first-order chi connectivity index (χ1) is 9.65. The third kappa shape index (κ3) is 4.62. The van der Waals surface area contributed by atoms with Crippen LogP contribution in [-0.2, 0) is 16.1 Å². The van der Waals surface area contributed by atoms with Crippen molar-refractivity contribution in [2.45, 2.75) is 50.9 Å². The maximum absolute atomic E-state index is 11.7. The Morgan fingerprint density at radius 2 is 2.05 bits per heavy atom. The molecule has 1 aliphatic rings. The summed E-state index contributed by atoms with van der Waals surface area (Å²) >= 11 is 0. The molecule has 0 radical (unpaired) electrons. The summed E-state index contributed by atoms with van der Waals surface area (Å²) in [5.41, 5.74) is 6.85. The minimum Gasteiger partial charge on any atom is -0.461 e. The second-order valence-electron chi connectivity index (χ2n) is 5.60. The van der Waals surface area contributed by atoms with E-state index in [0.29, 0.717) is 18.9 Å². The van der Waals surface area contributed by atoms with Crippen LogP contribution >= 0.6 is 0 Å². The SMILES string of the molecule is NC1CC(CCC(=O)OCc2ccccc2)CCC1O. The first-order valence-corrected chi connectivity index (χ1v) is 7.28. The lowest BCUT2D eigenvalue weighted by Crippen LogP contribution is -2.40. The van der Waals surface area contributed by atoms with Gasteiger partial charge >= 0.3 is 5.97 Å². The van der Waals surface area contributed by atoms with Crippen LogP contribution in [0.5, 0.6) is 0 Å². The Labute approximate surface area is 119 Å². The van der Waals surface area contributed by atoms with E-state index in [9.17, 15) is 9.90 Å². The molecule has 4 nitrogen and oxygen atoms in total. The van der Waals surface area contributed by atoms with Crippen molar-refractivity contribution >= 4 is 5.97 Å². The summed E-state index contributed by atoms with van der Waals surface area (Å²) in [5, 5.41) is 9.57. The number of carbonyl (C=O) groups excluding carboxylic acids is 1. The Hall–Kier alpha value is -1.39. The molecule has 110 valence electrons. The van der Waals surface area contributed by atoms with Gasteiger partial charge in [0.05, 0.1) is 6.10 Å². The van der Waals surface area contributed by atoms with Gasteiger partial charge in [0.2, 0.25) is 0 Å². The molecule has 4 heteroatoms. The smallest absolute Gasteiger partial charge is 0.306 e. The Morgan fingerprint density at radius 3 is 2.75 bits per heavy atom. The molecule has 0 saturated heterocycles. The van der Waals surface area contributed by atoms with Crippen LogP contribution in [0.4, 0.5) is 0 Å². The van der Waals surface area contributed by atoms with E-state index in [2.05, 4.69) is 0 Å². The van der Waals surface area contributed by atoms with E-state index < -0.39 is 0 Å². The second kappa shape index (κ2) is 7.41. The summed E-state index contributed by atoms with van der Waals surface area (Å²) in [7, 11) is 0. The van der Waals surface area contributed by atoms with Gasteiger partial charge in [-0.25, -0.2) is 0 Å². The van der Waals surface area contributed by atoms with E-state index in [0.717, 1.165) is 31.2 Å². The van der Waals surface area contributed by atoms with Gasteiger partial charge < -0.3 is 15.6 Å². The monoisotopic (exact) mass is 277 g/mol. The zero-order chi connectivity index (χ0) is 14.4. The third-order valence-electron chi connectivity index (χ3n) is 3.97. The number of nitrogens with two attached hydrogens (primary N) is 1. The maximum atomic E-state index is 11.7. The van der Waals surface area contributed by atoms with Crippen molar-refractivity contribution in [1.82, 2.24) is 0 Å². The summed E-state index contributed by atoms with van der Waals surface area (Å²) in [4.78, 5) is 11.7. The fourth-order valence-electron chi connectivity index (χ4n) is 2.67. The Bertz CT molecular complexity index is 421. The van der Waals surface area contributed by atoms with Gasteiger partial charge in [0.1, 0.15) is 6.61 Å². The fraction of sp³-hybridized carbons (Fsp3) is 0.562. The van der Waals surface area contributed by atoms with Crippen molar-refractivity contribution in [3.63, 3.8) is 0 Å². The number of hydrogen-bond donors (Lipinski definition) is 2. The topological polar surface area (TPSA) is 72.6 Å². The van der Waals surface area contributed by atoms with E-state index in [1.165, 1.54) is 0 Å². The van der Waals surface area contributed by atoms with Crippen molar-refractivity contribution < 1.29 is 14.6 Å². The van der Waals surface area contributed by atoms with Crippen LogP contribution in [0.3, 0.4) is 0 Å². The van der Waals surface area contributed by atoms with Gasteiger partial charge in [-0.05, 0) is 37.2 Å². The molecule has 1 fully saturated rings. The first kappa shape index (κ1) is 15.0. The molecule has 0 amide bonds.